The molecule has 0 saturated carbocycles. The second-order valence-electron chi connectivity index (χ2n) is 5.85. The number of aromatic nitrogens is 5. The monoisotopic (exact) mass is 340 g/mol. The Morgan fingerprint density at radius 1 is 1.40 bits per heavy atom. The zero-order chi connectivity index (χ0) is 17.8. The minimum absolute atomic E-state index is 0.00828. The lowest BCUT2D eigenvalue weighted by Crippen LogP contribution is -2.29. The minimum Gasteiger partial charge on any atom is -0.339 e. The quantitative estimate of drug-likeness (QED) is 0.682. The molecule has 8 heteroatoms. The normalized spacial score (nSPS) is 12.1. The summed E-state index contributed by atoms with van der Waals surface area (Å²) in [7, 11) is 3.64. The maximum absolute atomic E-state index is 12.4. The van der Waals surface area contributed by atoms with Gasteiger partial charge in [0.2, 0.25) is 17.6 Å². The number of carbonyl (C=O) groups is 1. The molecule has 0 radical (unpaired) electrons. The Balaban J connectivity index is 1.58. The molecule has 0 N–H and O–H groups in total. The molecule has 0 saturated heterocycles. The number of hydrogen-bond donors (Lipinski definition) is 0. The molecule has 0 fully saturated rings. The van der Waals surface area contributed by atoms with Gasteiger partial charge in [-0.3, -0.25) is 14.5 Å². The number of nitrogens with zero attached hydrogens (tertiary/aromatic N) is 6. The van der Waals surface area contributed by atoms with Gasteiger partial charge in [0, 0.05) is 44.9 Å². The van der Waals surface area contributed by atoms with Gasteiger partial charge in [-0.05, 0) is 19.1 Å². The Bertz CT molecular complexity index is 842. The predicted molar refractivity (Wildman–Crippen MR) is 90.2 cm³/mol. The topological polar surface area (TPSA) is 89.9 Å². The largest absolute Gasteiger partial charge is 0.339 e. The van der Waals surface area contributed by atoms with Crippen molar-refractivity contribution in [2.75, 3.05) is 7.05 Å². The summed E-state index contributed by atoms with van der Waals surface area (Å²) in [6.07, 6.45) is 6.04. The molecule has 3 aromatic heterocycles. The van der Waals surface area contributed by atoms with E-state index in [9.17, 15) is 4.79 Å². The van der Waals surface area contributed by atoms with Crippen LogP contribution in [-0.4, -0.2) is 42.8 Å². The van der Waals surface area contributed by atoms with E-state index < -0.39 is 0 Å². The zero-order valence-corrected chi connectivity index (χ0v) is 14.5. The second-order valence-corrected chi connectivity index (χ2v) is 5.85. The predicted octanol–water partition coefficient (Wildman–Crippen LogP) is 2.02. The van der Waals surface area contributed by atoms with Gasteiger partial charge < -0.3 is 9.42 Å². The molecule has 3 aromatic rings. The van der Waals surface area contributed by atoms with Gasteiger partial charge in [0.25, 0.3) is 0 Å². The van der Waals surface area contributed by atoms with Gasteiger partial charge in [0.15, 0.2) is 0 Å². The molecule has 0 aliphatic heterocycles. The fourth-order valence-electron chi connectivity index (χ4n) is 2.44. The van der Waals surface area contributed by atoms with E-state index in [0.717, 1.165) is 5.56 Å². The van der Waals surface area contributed by atoms with Crippen LogP contribution in [0.3, 0.4) is 0 Å². The van der Waals surface area contributed by atoms with Crippen LogP contribution in [-0.2, 0) is 18.3 Å². The van der Waals surface area contributed by atoms with E-state index in [1.807, 2.05) is 38.4 Å². The van der Waals surface area contributed by atoms with Gasteiger partial charge >= 0.3 is 0 Å². The summed E-state index contributed by atoms with van der Waals surface area (Å²) in [6.45, 7) is 1.97. The molecule has 0 bridgehead atoms. The molecule has 8 nitrogen and oxygen atoms in total. The molecule has 3 rings (SSSR count). The van der Waals surface area contributed by atoms with Crippen LogP contribution in [0, 0.1) is 0 Å². The summed E-state index contributed by atoms with van der Waals surface area (Å²) in [5, 5.41) is 8.05. The van der Waals surface area contributed by atoms with Crippen LogP contribution in [0.15, 0.2) is 41.3 Å². The van der Waals surface area contributed by atoms with Gasteiger partial charge in [-0.15, -0.1) is 0 Å². The summed E-state index contributed by atoms with van der Waals surface area (Å²) in [4.78, 5) is 22.6. The van der Waals surface area contributed by atoms with E-state index in [-0.39, 0.29) is 11.9 Å². The Morgan fingerprint density at radius 2 is 2.24 bits per heavy atom. The Kier molecular flexibility index (Phi) is 4.87. The number of pyridine rings is 1. The van der Waals surface area contributed by atoms with Crippen molar-refractivity contribution in [3.63, 3.8) is 0 Å². The first-order valence-corrected chi connectivity index (χ1v) is 8.03. The number of amides is 1. The summed E-state index contributed by atoms with van der Waals surface area (Å²) in [6, 6.07) is 5.44. The first-order valence-electron chi connectivity index (χ1n) is 8.03. The third-order valence-corrected chi connectivity index (χ3v) is 4.10. The van der Waals surface area contributed by atoms with E-state index in [1.54, 1.807) is 29.0 Å². The van der Waals surface area contributed by atoms with E-state index in [1.165, 1.54) is 0 Å². The number of carbonyl (C=O) groups excluding carboxylic acids is 1. The Hall–Kier alpha value is -3.03. The SMILES string of the molecule is CC(c1cnn(C)c1)N(C)C(=O)CCc1nc(-c2ccccn2)no1. The van der Waals surface area contributed by atoms with Crippen LogP contribution in [0.4, 0.5) is 0 Å². The molecule has 1 amide bonds. The van der Waals surface area contributed by atoms with Gasteiger partial charge in [0.1, 0.15) is 5.69 Å². The summed E-state index contributed by atoms with van der Waals surface area (Å²) in [5.74, 6) is 0.866. The van der Waals surface area contributed by atoms with Crippen LogP contribution >= 0.6 is 0 Å². The number of hydrogen-bond acceptors (Lipinski definition) is 6. The van der Waals surface area contributed by atoms with Crippen molar-refractivity contribution < 1.29 is 9.32 Å². The van der Waals surface area contributed by atoms with Crippen molar-refractivity contribution in [2.24, 2.45) is 7.05 Å². The smallest absolute Gasteiger partial charge is 0.227 e. The highest BCUT2D eigenvalue weighted by Crippen LogP contribution is 2.19. The van der Waals surface area contributed by atoms with Crippen molar-refractivity contribution in [3.05, 3.63) is 48.2 Å². The fourth-order valence-corrected chi connectivity index (χ4v) is 2.44. The van der Waals surface area contributed by atoms with Crippen LogP contribution in [0.5, 0.6) is 0 Å². The summed E-state index contributed by atoms with van der Waals surface area (Å²) in [5.41, 5.74) is 1.64. The maximum atomic E-state index is 12.4. The third kappa shape index (κ3) is 3.90. The van der Waals surface area contributed by atoms with Crippen molar-refractivity contribution in [1.82, 2.24) is 29.8 Å². The standard InChI is InChI=1S/C17H20N6O2/c1-12(13-10-19-22(2)11-13)23(3)16(24)8-7-15-20-17(21-25-15)14-6-4-5-9-18-14/h4-6,9-12H,7-8H2,1-3H3. The van der Waals surface area contributed by atoms with Crippen molar-refractivity contribution in [1.29, 1.82) is 0 Å². The van der Waals surface area contributed by atoms with Crippen molar-refractivity contribution in [2.45, 2.75) is 25.8 Å². The zero-order valence-electron chi connectivity index (χ0n) is 14.5. The highest BCUT2D eigenvalue weighted by molar-refractivity contribution is 5.76. The Labute approximate surface area is 145 Å². The van der Waals surface area contributed by atoms with E-state index >= 15 is 0 Å². The van der Waals surface area contributed by atoms with Crippen LogP contribution < -0.4 is 0 Å². The van der Waals surface area contributed by atoms with Crippen molar-refractivity contribution in [3.8, 4) is 11.5 Å². The van der Waals surface area contributed by atoms with E-state index in [4.69, 9.17) is 4.52 Å². The van der Waals surface area contributed by atoms with Crippen LogP contribution in [0.25, 0.3) is 11.5 Å². The van der Waals surface area contributed by atoms with Gasteiger partial charge in [-0.2, -0.15) is 10.1 Å². The lowest BCUT2D eigenvalue weighted by atomic mass is 10.1. The van der Waals surface area contributed by atoms with Gasteiger partial charge in [-0.25, -0.2) is 0 Å². The molecule has 25 heavy (non-hydrogen) atoms. The summed E-state index contributed by atoms with van der Waals surface area (Å²) < 4.78 is 6.94. The minimum atomic E-state index is -0.0482. The lowest BCUT2D eigenvalue weighted by Gasteiger charge is -2.23. The van der Waals surface area contributed by atoms with Gasteiger partial charge in [0.05, 0.1) is 12.2 Å². The number of aryl methyl sites for hydroxylation is 2. The second kappa shape index (κ2) is 7.25. The molecule has 0 aliphatic carbocycles. The molecule has 0 aromatic carbocycles. The molecular formula is C17H20N6O2. The molecule has 0 spiro atoms. The number of rotatable bonds is 6. The highest BCUT2D eigenvalue weighted by atomic mass is 16.5. The average Bonchev–Trinajstić information content (AvgIpc) is 3.28. The van der Waals surface area contributed by atoms with Crippen LogP contribution in [0.1, 0.15) is 30.8 Å². The molecule has 130 valence electrons. The molecule has 1 unspecified atom stereocenters. The molecular weight excluding hydrogens is 320 g/mol. The first kappa shape index (κ1) is 16.8. The Morgan fingerprint density at radius 3 is 2.92 bits per heavy atom. The third-order valence-electron chi connectivity index (χ3n) is 4.10. The van der Waals surface area contributed by atoms with Crippen molar-refractivity contribution >= 4 is 5.91 Å². The highest BCUT2D eigenvalue weighted by Gasteiger charge is 2.19. The first-order chi connectivity index (χ1) is 12.0. The molecule has 0 aliphatic rings. The summed E-state index contributed by atoms with van der Waals surface area (Å²) >= 11 is 0. The van der Waals surface area contributed by atoms with E-state index in [2.05, 4.69) is 20.2 Å². The molecule has 1 atom stereocenters. The fraction of sp³-hybridized carbons (Fsp3) is 0.353. The lowest BCUT2D eigenvalue weighted by molar-refractivity contribution is -0.131. The average molecular weight is 340 g/mol. The van der Waals surface area contributed by atoms with Crippen LogP contribution in [0.2, 0.25) is 0 Å². The maximum Gasteiger partial charge on any atom is 0.227 e. The molecule has 3 heterocycles. The van der Waals surface area contributed by atoms with Gasteiger partial charge in [-0.1, -0.05) is 11.2 Å². The van der Waals surface area contributed by atoms with E-state index in [0.29, 0.717) is 30.3 Å².